The van der Waals surface area contributed by atoms with Crippen LogP contribution in [0.1, 0.15) is 36.0 Å². The topological polar surface area (TPSA) is 46.3 Å². The predicted molar refractivity (Wildman–Crippen MR) is 78.0 cm³/mol. The molecule has 0 saturated carbocycles. The number of carbonyl (C=O) groups is 1. The van der Waals surface area contributed by atoms with Crippen LogP contribution in [0.4, 0.5) is 0 Å². The summed E-state index contributed by atoms with van der Waals surface area (Å²) in [5.41, 5.74) is 9.75. The summed E-state index contributed by atoms with van der Waals surface area (Å²) < 4.78 is 0. The molecular formula is C16H24N2O. The highest BCUT2D eigenvalue weighted by atomic mass is 16.2. The second kappa shape index (κ2) is 6.20. The number of nitrogens with zero attached hydrogens (tertiary/aromatic N) is 1. The van der Waals surface area contributed by atoms with E-state index in [1.807, 2.05) is 4.90 Å². The van der Waals surface area contributed by atoms with Crippen molar-refractivity contribution in [1.29, 1.82) is 0 Å². The summed E-state index contributed by atoms with van der Waals surface area (Å²) in [7, 11) is 0. The number of piperidine rings is 1. The molecule has 19 heavy (non-hydrogen) atoms. The Morgan fingerprint density at radius 3 is 2.89 bits per heavy atom. The summed E-state index contributed by atoms with van der Waals surface area (Å²) in [6.45, 7) is 5.81. The van der Waals surface area contributed by atoms with Crippen molar-refractivity contribution in [3.8, 4) is 0 Å². The molecule has 1 aromatic rings. The van der Waals surface area contributed by atoms with Gasteiger partial charge in [-0.3, -0.25) is 4.79 Å². The van der Waals surface area contributed by atoms with E-state index < -0.39 is 0 Å². The normalized spacial score (nSPS) is 19.5. The molecule has 1 amide bonds. The molecule has 1 aliphatic heterocycles. The SMILES string of the molecule is Cc1ccc(CCC(=O)N2CCC[C@@H](N)C2)c(C)c1. The molecule has 0 aromatic heterocycles. The minimum Gasteiger partial charge on any atom is -0.341 e. The molecule has 0 radical (unpaired) electrons. The summed E-state index contributed by atoms with van der Waals surface area (Å²) in [5.74, 6) is 0.245. The number of hydrogen-bond acceptors (Lipinski definition) is 2. The maximum atomic E-state index is 12.2. The lowest BCUT2D eigenvalue weighted by atomic mass is 10.0. The molecule has 2 N–H and O–H groups in total. The summed E-state index contributed by atoms with van der Waals surface area (Å²) in [6, 6.07) is 6.60. The van der Waals surface area contributed by atoms with Crippen molar-refractivity contribution in [2.24, 2.45) is 5.73 Å². The maximum absolute atomic E-state index is 12.2. The molecule has 1 fully saturated rings. The van der Waals surface area contributed by atoms with Crippen LogP contribution in [0.3, 0.4) is 0 Å². The van der Waals surface area contributed by atoms with Gasteiger partial charge in [-0.15, -0.1) is 0 Å². The van der Waals surface area contributed by atoms with E-state index in [1.54, 1.807) is 0 Å². The van der Waals surface area contributed by atoms with Crippen molar-refractivity contribution in [2.75, 3.05) is 13.1 Å². The molecule has 104 valence electrons. The Labute approximate surface area is 115 Å². The lowest BCUT2D eigenvalue weighted by Gasteiger charge is -2.30. The van der Waals surface area contributed by atoms with Crippen LogP contribution in [-0.2, 0) is 11.2 Å². The largest absolute Gasteiger partial charge is 0.341 e. The van der Waals surface area contributed by atoms with Crippen LogP contribution in [0, 0.1) is 13.8 Å². The molecule has 1 aliphatic rings. The van der Waals surface area contributed by atoms with E-state index in [9.17, 15) is 4.79 Å². The second-order valence-corrected chi connectivity index (χ2v) is 5.67. The number of nitrogens with two attached hydrogens (primary N) is 1. The monoisotopic (exact) mass is 260 g/mol. The van der Waals surface area contributed by atoms with Crippen LogP contribution in [-0.4, -0.2) is 29.9 Å². The van der Waals surface area contributed by atoms with Crippen LogP contribution in [0.2, 0.25) is 0 Å². The molecule has 3 heteroatoms. The zero-order chi connectivity index (χ0) is 13.8. The van der Waals surface area contributed by atoms with Gasteiger partial charge in [-0.05, 0) is 44.2 Å². The Bertz CT molecular complexity index is 456. The standard InChI is InChI=1S/C16H24N2O/c1-12-5-6-14(13(2)10-12)7-8-16(19)18-9-3-4-15(17)11-18/h5-6,10,15H,3-4,7-9,11,17H2,1-2H3/t15-/m1/s1. The van der Waals surface area contributed by atoms with Gasteiger partial charge in [0.05, 0.1) is 0 Å². The molecule has 3 nitrogen and oxygen atoms in total. The third kappa shape index (κ3) is 3.80. The van der Waals surface area contributed by atoms with Crippen LogP contribution in [0.5, 0.6) is 0 Å². The fraction of sp³-hybridized carbons (Fsp3) is 0.562. The van der Waals surface area contributed by atoms with Gasteiger partial charge in [0.15, 0.2) is 0 Å². The molecule has 0 bridgehead atoms. The van der Waals surface area contributed by atoms with E-state index in [-0.39, 0.29) is 11.9 Å². The Balaban J connectivity index is 1.89. The lowest BCUT2D eigenvalue weighted by Crippen LogP contribution is -2.45. The van der Waals surface area contributed by atoms with E-state index in [1.165, 1.54) is 16.7 Å². The van der Waals surface area contributed by atoms with Crippen molar-refractivity contribution in [3.05, 3.63) is 34.9 Å². The van der Waals surface area contributed by atoms with Gasteiger partial charge in [0.2, 0.25) is 5.91 Å². The zero-order valence-corrected chi connectivity index (χ0v) is 12.0. The Morgan fingerprint density at radius 2 is 2.21 bits per heavy atom. The number of likely N-dealkylation sites (tertiary alicyclic amines) is 1. The third-order valence-corrected chi connectivity index (χ3v) is 3.92. The molecule has 0 spiro atoms. The first-order chi connectivity index (χ1) is 9.06. The molecule has 1 heterocycles. The summed E-state index contributed by atoms with van der Waals surface area (Å²) in [6.07, 6.45) is 3.50. The number of benzene rings is 1. The van der Waals surface area contributed by atoms with Crippen molar-refractivity contribution in [1.82, 2.24) is 4.90 Å². The van der Waals surface area contributed by atoms with E-state index >= 15 is 0 Å². The number of aryl methyl sites for hydroxylation is 3. The minimum absolute atomic E-state index is 0.166. The molecule has 1 atom stereocenters. The third-order valence-electron chi connectivity index (χ3n) is 3.92. The number of rotatable bonds is 3. The van der Waals surface area contributed by atoms with Gasteiger partial charge in [-0.1, -0.05) is 23.8 Å². The van der Waals surface area contributed by atoms with Gasteiger partial charge < -0.3 is 10.6 Å². The molecular weight excluding hydrogens is 236 g/mol. The van der Waals surface area contributed by atoms with Crippen LogP contribution >= 0.6 is 0 Å². The Hall–Kier alpha value is -1.35. The van der Waals surface area contributed by atoms with E-state index in [4.69, 9.17) is 5.73 Å². The van der Waals surface area contributed by atoms with Crippen molar-refractivity contribution in [2.45, 2.75) is 45.6 Å². The molecule has 0 unspecified atom stereocenters. The highest BCUT2D eigenvalue weighted by molar-refractivity contribution is 5.76. The van der Waals surface area contributed by atoms with E-state index in [2.05, 4.69) is 32.0 Å². The molecule has 2 rings (SSSR count). The summed E-state index contributed by atoms with van der Waals surface area (Å²) >= 11 is 0. The fourth-order valence-corrected chi connectivity index (χ4v) is 2.76. The first-order valence-electron chi connectivity index (χ1n) is 7.16. The summed E-state index contributed by atoms with van der Waals surface area (Å²) in [4.78, 5) is 14.1. The first kappa shape index (κ1) is 14.1. The Morgan fingerprint density at radius 1 is 1.42 bits per heavy atom. The van der Waals surface area contributed by atoms with Gasteiger partial charge in [0, 0.05) is 25.6 Å². The molecule has 0 aliphatic carbocycles. The van der Waals surface area contributed by atoms with E-state index in [0.29, 0.717) is 6.42 Å². The molecule has 1 aromatic carbocycles. The van der Waals surface area contributed by atoms with Gasteiger partial charge in [-0.2, -0.15) is 0 Å². The first-order valence-corrected chi connectivity index (χ1v) is 7.16. The smallest absolute Gasteiger partial charge is 0.222 e. The number of carbonyl (C=O) groups excluding carboxylic acids is 1. The maximum Gasteiger partial charge on any atom is 0.222 e. The lowest BCUT2D eigenvalue weighted by molar-refractivity contribution is -0.132. The van der Waals surface area contributed by atoms with Gasteiger partial charge in [-0.25, -0.2) is 0 Å². The quantitative estimate of drug-likeness (QED) is 0.905. The number of hydrogen-bond donors (Lipinski definition) is 1. The predicted octanol–water partition coefficient (Wildman–Crippen LogP) is 2.19. The highest BCUT2D eigenvalue weighted by Crippen LogP contribution is 2.15. The van der Waals surface area contributed by atoms with Crippen molar-refractivity contribution in [3.63, 3.8) is 0 Å². The van der Waals surface area contributed by atoms with E-state index in [0.717, 1.165) is 32.4 Å². The van der Waals surface area contributed by atoms with Gasteiger partial charge in [0.1, 0.15) is 0 Å². The highest BCUT2D eigenvalue weighted by Gasteiger charge is 2.20. The van der Waals surface area contributed by atoms with Crippen molar-refractivity contribution < 1.29 is 4.79 Å². The van der Waals surface area contributed by atoms with Crippen LogP contribution in [0.15, 0.2) is 18.2 Å². The Kier molecular flexibility index (Phi) is 4.59. The second-order valence-electron chi connectivity index (χ2n) is 5.67. The minimum atomic E-state index is 0.166. The fourth-order valence-electron chi connectivity index (χ4n) is 2.76. The van der Waals surface area contributed by atoms with Crippen molar-refractivity contribution >= 4 is 5.91 Å². The molecule has 1 saturated heterocycles. The van der Waals surface area contributed by atoms with Crippen LogP contribution < -0.4 is 5.73 Å². The zero-order valence-electron chi connectivity index (χ0n) is 12.0. The summed E-state index contributed by atoms with van der Waals surface area (Å²) in [5, 5.41) is 0. The van der Waals surface area contributed by atoms with Crippen LogP contribution in [0.25, 0.3) is 0 Å². The average Bonchev–Trinajstić information content (AvgIpc) is 2.37. The number of amides is 1. The average molecular weight is 260 g/mol. The van der Waals surface area contributed by atoms with Gasteiger partial charge in [0.25, 0.3) is 0 Å². The van der Waals surface area contributed by atoms with Gasteiger partial charge >= 0.3 is 0 Å².